The average molecular weight is 867 g/mol. The summed E-state index contributed by atoms with van der Waals surface area (Å²) in [6, 6.07) is 10.6. The molecule has 0 bridgehead atoms. The van der Waals surface area contributed by atoms with Crippen molar-refractivity contribution in [2.24, 2.45) is 0 Å². The maximum atomic E-state index is 14.8. The number of ether oxygens (including phenoxy) is 2. The smallest absolute Gasteiger partial charge is 0.411 e. The number of rotatable bonds is 14. The van der Waals surface area contributed by atoms with E-state index in [2.05, 4.69) is 0 Å². The molecule has 0 unspecified atom stereocenters. The third-order valence-corrected chi connectivity index (χ3v) is 13.7. The van der Waals surface area contributed by atoms with Crippen molar-refractivity contribution in [3.8, 4) is 17.2 Å². The second-order valence-corrected chi connectivity index (χ2v) is 18.8. The quantitative estimate of drug-likeness (QED) is 0.0922. The first-order valence-electron chi connectivity index (χ1n) is 17.2. The fourth-order valence-corrected chi connectivity index (χ4v) is 9.04. The first-order chi connectivity index (χ1) is 26.0. The molecule has 0 aromatic heterocycles. The minimum atomic E-state index is -5.94. The van der Waals surface area contributed by atoms with E-state index in [0.717, 1.165) is 30.3 Å². The zero-order valence-corrected chi connectivity index (χ0v) is 33.8. The van der Waals surface area contributed by atoms with Crippen LogP contribution in [0.5, 0.6) is 17.2 Å². The highest BCUT2D eigenvalue weighted by molar-refractivity contribution is 7.91. The van der Waals surface area contributed by atoms with E-state index in [1.807, 2.05) is 13.8 Å². The third-order valence-electron chi connectivity index (χ3n) is 10.2. The third kappa shape index (κ3) is 8.96. The summed E-state index contributed by atoms with van der Waals surface area (Å²) in [4.78, 5) is -3.37. The summed E-state index contributed by atoms with van der Waals surface area (Å²) in [6.07, 6.45) is -10.5. The standard InChI is InChI=1S/C38H40F6O10S3/c1-7-34(4,5)30-20-18-28(22-32(30)56(47,48)49)55(45,46)29-19-21-31(33(23-29)57(50,51)52)53-26-14-10-24(11-15-26)36(37(39,40)41,38(42,43)44)25-12-16-27(17-13-25)54-35(6,8-2)9-3/h10-23H,7-9H2,1-6H3,(H,47,48,49)(H,50,51,52). The predicted octanol–water partition coefficient (Wildman–Crippen LogP) is 9.86. The SMILES string of the molecule is CCC(C)(CC)Oc1ccc(C(c2ccc(Oc3ccc(S(=O)(=O)c4ccc(C(C)(C)CC)c(S(=O)(=O)O)c4)cc3S(=O)(=O)O)cc2)(C(F)(F)F)C(F)(F)F)cc1. The van der Waals surface area contributed by atoms with E-state index in [0.29, 0.717) is 67.8 Å². The van der Waals surface area contributed by atoms with Crippen molar-refractivity contribution < 1.29 is 70.2 Å². The summed E-state index contributed by atoms with van der Waals surface area (Å²) in [5.41, 5.74) is -8.46. The minimum absolute atomic E-state index is 0.0529. The Kier molecular flexibility index (Phi) is 12.4. The van der Waals surface area contributed by atoms with Crippen LogP contribution in [0.1, 0.15) is 77.5 Å². The fraction of sp³-hybridized carbons (Fsp3) is 0.368. The number of alkyl halides is 6. The zero-order chi connectivity index (χ0) is 43.2. The number of hydrogen-bond donors (Lipinski definition) is 2. The maximum absolute atomic E-state index is 14.8. The van der Waals surface area contributed by atoms with E-state index in [1.165, 1.54) is 6.07 Å². The van der Waals surface area contributed by atoms with Crippen LogP contribution in [-0.4, -0.2) is 52.3 Å². The van der Waals surface area contributed by atoms with Crippen molar-refractivity contribution >= 4 is 30.1 Å². The first kappa shape index (κ1) is 45.5. The Bertz CT molecular complexity index is 2430. The van der Waals surface area contributed by atoms with Gasteiger partial charge in [-0.15, -0.1) is 0 Å². The van der Waals surface area contributed by atoms with E-state index in [9.17, 15) is 60.7 Å². The van der Waals surface area contributed by atoms with E-state index < -0.39 is 101 Å². The molecule has 4 rings (SSSR count). The van der Waals surface area contributed by atoms with Crippen LogP contribution >= 0.6 is 0 Å². The van der Waals surface area contributed by atoms with E-state index in [4.69, 9.17) is 9.47 Å². The van der Waals surface area contributed by atoms with Gasteiger partial charge >= 0.3 is 12.4 Å². The summed E-state index contributed by atoms with van der Waals surface area (Å²) in [6.45, 7) is 10.4. The van der Waals surface area contributed by atoms with Crippen molar-refractivity contribution in [2.75, 3.05) is 0 Å². The molecular formula is C38H40F6O10S3. The summed E-state index contributed by atoms with van der Waals surface area (Å²) in [5.74, 6) is -1.23. The van der Waals surface area contributed by atoms with Crippen molar-refractivity contribution in [2.45, 2.75) is 109 Å². The summed E-state index contributed by atoms with van der Waals surface area (Å²) in [5, 5.41) is 0. The topological polar surface area (TPSA) is 161 Å². The minimum Gasteiger partial charge on any atom is -0.488 e. The lowest BCUT2D eigenvalue weighted by molar-refractivity contribution is -0.288. The molecule has 2 N–H and O–H groups in total. The number of benzene rings is 4. The van der Waals surface area contributed by atoms with E-state index in [1.54, 1.807) is 27.7 Å². The summed E-state index contributed by atoms with van der Waals surface area (Å²) < 4.78 is 197. The molecule has 57 heavy (non-hydrogen) atoms. The van der Waals surface area contributed by atoms with Gasteiger partial charge in [0.05, 0.1) is 14.7 Å². The second-order valence-electron chi connectivity index (χ2n) is 14.1. The average Bonchev–Trinajstić information content (AvgIpc) is 3.11. The molecule has 19 heteroatoms. The lowest BCUT2D eigenvalue weighted by atomic mass is 9.73. The van der Waals surface area contributed by atoms with Gasteiger partial charge in [0.15, 0.2) is 0 Å². The Hall–Kier alpha value is -4.17. The van der Waals surface area contributed by atoms with Crippen LogP contribution in [0.15, 0.2) is 105 Å². The number of sulfone groups is 1. The molecular weight excluding hydrogens is 827 g/mol. The Labute approximate surface area is 327 Å². The molecule has 0 heterocycles. The molecule has 0 saturated heterocycles. The molecule has 10 nitrogen and oxygen atoms in total. The molecule has 4 aromatic carbocycles. The molecule has 0 atom stereocenters. The van der Waals surface area contributed by atoms with Crippen molar-refractivity contribution in [1.82, 2.24) is 0 Å². The van der Waals surface area contributed by atoms with Gasteiger partial charge in [-0.2, -0.15) is 43.2 Å². The fourth-order valence-electron chi connectivity index (χ4n) is 6.04. The van der Waals surface area contributed by atoms with Crippen LogP contribution in [-0.2, 0) is 40.9 Å². The van der Waals surface area contributed by atoms with Gasteiger partial charge in [0.25, 0.3) is 20.2 Å². The highest BCUT2D eigenvalue weighted by Gasteiger charge is 2.72. The summed E-state index contributed by atoms with van der Waals surface area (Å²) >= 11 is 0. The predicted molar refractivity (Wildman–Crippen MR) is 197 cm³/mol. The monoisotopic (exact) mass is 866 g/mol. The van der Waals surface area contributed by atoms with Gasteiger partial charge in [-0.3, -0.25) is 9.11 Å². The Morgan fingerprint density at radius 1 is 0.561 bits per heavy atom. The van der Waals surface area contributed by atoms with E-state index in [-0.39, 0.29) is 11.3 Å². The zero-order valence-electron chi connectivity index (χ0n) is 31.4. The maximum Gasteiger partial charge on any atom is 0.411 e. The largest absolute Gasteiger partial charge is 0.488 e. The molecule has 0 saturated carbocycles. The van der Waals surface area contributed by atoms with Gasteiger partial charge in [0.1, 0.15) is 27.7 Å². The van der Waals surface area contributed by atoms with Crippen LogP contribution in [0.4, 0.5) is 26.3 Å². The first-order valence-corrected chi connectivity index (χ1v) is 21.5. The van der Waals surface area contributed by atoms with Crippen LogP contribution in [0, 0.1) is 0 Å². The van der Waals surface area contributed by atoms with Crippen LogP contribution in [0.25, 0.3) is 0 Å². The summed E-state index contributed by atoms with van der Waals surface area (Å²) in [7, 11) is -15.1. The number of hydrogen-bond acceptors (Lipinski definition) is 8. The molecule has 4 aromatic rings. The lowest BCUT2D eigenvalue weighted by Crippen LogP contribution is -2.54. The molecule has 0 aliphatic heterocycles. The molecule has 0 aliphatic carbocycles. The Morgan fingerprint density at radius 2 is 0.982 bits per heavy atom. The van der Waals surface area contributed by atoms with Gasteiger partial charge in [0, 0.05) is 0 Å². The molecule has 0 amide bonds. The van der Waals surface area contributed by atoms with Crippen LogP contribution < -0.4 is 9.47 Å². The normalized spacial score (nSPS) is 13.7. The van der Waals surface area contributed by atoms with Crippen LogP contribution in [0.3, 0.4) is 0 Å². The second kappa shape index (κ2) is 15.5. The molecule has 0 fully saturated rings. The van der Waals surface area contributed by atoms with Crippen molar-refractivity contribution in [3.63, 3.8) is 0 Å². The highest BCUT2D eigenvalue weighted by atomic mass is 32.2. The molecule has 0 spiro atoms. The van der Waals surface area contributed by atoms with Gasteiger partial charge in [-0.25, -0.2) is 8.42 Å². The lowest BCUT2D eigenvalue weighted by Gasteiger charge is -2.38. The van der Waals surface area contributed by atoms with Gasteiger partial charge in [-0.05, 0) is 103 Å². The van der Waals surface area contributed by atoms with Gasteiger partial charge < -0.3 is 9.47 Å². The molecule has 312 valence electrons. The van der Waals surface area contributed by atoms with Crippen molar-refractivity contribution in [3.05, 3.63) is 102 Å². The van der Waals surface area contributed by atoms with Gasteiger partial charge in [0.2, 0.25) is 15.3 Å². The van der Waals surface area contributed by atoms with Gasteiger partial charge in [-0.1, -0.05) is 65.0 Å². The molecule has 0 aliphatic rings. The number of halogens is 6. The Morgan fingerprint density at radius 3 is 1.39 bits per heavy atom. The Balaban J connectivity index is 1.78. The molecule has 0 radical (unpaired) electrons. The van der Waals surface area contributed by atoms with E-state index >= 15 is 0 Å². The van der Waals surface area contributed by atoms with Crippen molar-refractivity contribution in [1.29, 1.82) is 0 Å². The van der Waals surface area contributed by atoms with Crippen LogP contribution in [0.2, 0.25) is 0 Å². The highest BCUT2D eigenvalue weighted by Crippen LogP contribution is 2.56.